The summed E-state index contributed by atoms with van der Waals surface area (Å²) in [5.74, 6) is 0. The number of hydrogen-bond donors (Lipinski definition) is 1. The molecule has 3 unspecified atom stereocenters. The predicted molar refractivity (Wildman–Crippen MR) is 81.8 cm³/mol. The lowest BCUT2D eigenvalue weighted by molar-refractivity contribution is -0.103. The number of nitrogens with two attached hydrogens (primary N) is 1. The first-order valence-electron chi connectivity index (χ1n) is 7.35. The number of ether oxygens (including phenoxy) is 1. The van der Waals surface area contributed by atoms with E-state index in [1.54, 1.807) is 11.3 Å². The highest BCUT2D eigenvalue weighted by Gasteiger charge is 2.38. The van der Waals surface area contributed by atoms with Gasteiger partial charge in [0.25, 0.3) is 0 Å². The summed E-state index contributed by atoms with van der Waals surface area (Å²) < 4.78 is 6.03. The Bertz CT molecular complexity index is 450. The van der Waals surface area contributed by atoms with Crippen molar-refractivity contribution in [2.75, 3.05) is 33.0 Å². The van der Waals surface area contributed by atoms with E-state index >= 15 is 0 Å². The molecule has 112 valence electrons. The molecule has 1 saturated heterocycles. The van der Waals surface area contributed by atoms with Crippen molar-refractivity contribution in [2.24, 2.45) is 0 Å². The standard InChI is InChI=1S/C14H24N4OS/c1-17(2)10-3-4-12-13(7-10)19-6-5-18(12)9-11-8-16-14(15)20-11/h8,10,12-13H,3-7,9H2,1-2H3,(H2,15,16). The second-order valence-electron chi connectivity index (χ2n) is 6.04. The maximum Gasteiger partial charge on any atom is 0.180 e. The van der Waals surface area contributed by atoms with Crippen molar-refractivity contribution in [1.29, 1.82) is 0 Å². The van der Waals surface area contributed by atoms with E-state index in [0.29, 0.717) is 23.3 Å². The average molecular weight is 296 g/mol. The van der Waals surface area contributed by atoms with Crippen LogP contribution in [0.5, 0.6) is 0 Å². The number of nitrogen functional groups attached to an aromatic ring is 1. The van der Waals surface area contributed by atoms with Crippen molar-refractivity contribution in [1.82, 2.24) is 14.8 Å². The van der Waals surface area contributed by atoms with E-state index < -0.39 is 0 Å². The van der Waals surface area contributed by atoms with Gasteiger partial charge in [-0.15, -0.1) is 11.3 Å². The molecule has 2 fully saturated rings. The van der Waals surface area contributed by atoms with Crippen LogP contribution >= 0.6 is 11.3 Å². The fourth-order valence-corrected chi connectivity index (χ4v) is 4.15. The van der Waals surface area contributed by atoms with Crippen LogP contribution in [0.4, 0.5) is 5.13 Å². The topological polar surface area (TPSA) is 54.6 Å². The van der Waals surface area contributed by atoms with Crippen molar-refractivity contribution >= 4 is 16.5 Å². The van der Waals surface area contributed by atoms with E-state index in [0.717, 1.165) is 26.1 Å². The quantitative estimate of drug-likeness (QED) is 0.914. The summed E-state index contributed by atoms with van der Waals surface area (Å²) >= 11 is 1.60. The fraction of sp³-hybridized carbons (Fsp3) is 0.786. The summed E-state index contributed by atoms with van der Waals surface area (Å²) in [6.45, 7) is 2.83. The lowest BCUT2D eigenvalue weighted by Crippen LogP contribution is -2.55. The number of aromatic nitrogens is 1. The zero-order valence-electron chi connectivity index (χ0n) is 12.3. The molecule has 0 amide bonds. The van der Waals surface area contributed by atoms with Crippen LogP contribution < -0.4 is 5.73 Å². The van der Waals surface area contributed by atoms with Gasteiger partial charge < -0.3 is 15.4 Å². The van der Waals surface area contributed by atoms with Gasteiger partial charge in [0.05, 0.1) is 12.7 Å². The Balaban J connectivity index is 1.65. The molecule has 3 rings (SSSR count). The molecule has 0 radical (unpaired) electrons. The molecule has 6 heteroatoms. The Morgan fingerprint density at radius 2 is 2.35 bits per heavy atom. The minimum Gasteiger partial charge on any atom is -0.375 e. The van der Waals surface area contributed by atoms with Gasteiger partial charge in [-0.05, 0) is 33.4 Å². The van der Waals surface area contributed by atoms with Gasteiger partial charge in [-0.2, -0.15) is 0 Å². The molecule has 1 aromatic rings. The minimum absolute atomic E-state index is 0.384. The third kappa shape index (κ3) is 2.98. The largest absolute Gasteiger partial charge is 0.375 e. The fourth-order valence-electron chi connectivity index (χ4n) is 3.44. The van der Waals surface area contributed by atoms with Crippen LogP contribution in [0, 0.1) is 0 Å². The molecule has 1 aliphatic carbocycles. The smallest absolute Gasteiger partial charge is 0.180 e. The summed E-state index contributed by atoms with van der Waals surface area (Å²) in [6, 6.07) is 1.22. The summed E-state index contributed by atoms with van der Waals surface area (Å²) in [5, 5.41) is 0.668. The number of morpholine rings is 1. The summed E-state index contributed by atoms with van der Waals surface area (Å²) in [5.41, 5.74) is 5.73. The number of thiazole rings is 1. The Morgan fingerprint density at radius 3 is 3.05 bits per heavy atom. The molecule has 0 aromatic carbocycles. The molecule has 1 aliphatic heterocycles. The summed E-state index contributed by atoms with van der Waals surface area (Å²) in [4.78, 5) is 10.3. The van der Waals surface area contributed by atoms with Crippen molar-refractivity contribution < 1.29 is 4.74 Å². The Kier molecular flexibility index (Phi) is 4.26. The number of anilines is 1. The lowest BCUT2D eigenvalue weighted by atomic mass is 9.86. The van der Waals surface area contributed by atoms with Gasteiger partial charge in [0.2, 0.25) is 0 Å². The molecule has 0 spiro atoms. The average Bonchev–Trinajstić information content (AvgIpc) is 2.84. The maximum atomic E-state index is 6.03. The molecule has 1 aromatic heterocycles. The van der Waals surface area contributed by atoms with E-state index in [1.165, 1.54) is 17.7 Å². The molecule has 0 bridgehead atoms. The number of rotatable bonds is 3. The maximum absolute atomic E-state index is 6.03. The molecule has 1 saturated carbocycles. The molecule has 2 heterocycles. The van der Waals surface area contributed by atoms with Crippen LogP contribution in [-0.2, 0) is 11.3 Å². The van der Waals surface area contributed by atoms with Gasteiger partial charge in [-0.3, -0.25) is 4.90 Å². The van der Waals surface area contributed by atoms with Crippen LogP contribution in [0.1, 0.15) is 24.1 Å². The molecule has 20 heavy (non-hydrogen) atoms. The second kappa shape index (κ2) is 5.97. The first-order valence-corrected chi connectivity index (χ1v) is 8.17. The van der Waals surface area contributed by atoms with E-state index in [4.69, 9.17) is 10.5 Å². The van der Waals surface area contributed by atoms with E-state index in [1.807, 2.05) is 6.20 Å². The first-order chi connectivity index (χ1) is 9.63. The third-order valence-electron chi connectivity index (χ3n) is 4.57. The molecule has 2 N–H and O–H groups in total. The molecule has 2 aliphatic rings. The SMILES string of the molecule is CN(C)C1CCC2C(C1)OCCN2Cc1cnc(N)s1. The van der Waals surface area contributed by atoms with Crippen LogP contribution in [0.25, 0.3) is 0 Å². The number of hydrogen-bond acceptors (Lipinski definition) is 6. The molecular weight excluding hydrogens is 272 g/mol. The van der Waals surface area contributed by atoms with Crippen LogP contribution in [0.3, 0.4) is 0 Å². The van der Waals surface area contributed by atoms with Gasteiger partial charge in [0.15, 0.2) is 5.13 Å². The Labute approximate surface area is 124 Å². The number of fused-ring (bicyclic) bond motifs is 1. The lowest BCUT2D eigenvalue weighted by Gasteiger charge is -2.46. The third-order valence-corrected chi connectivity index (χ3v) is 5.38. The summed E-state index contributed by atoms with van der Waals surface area (Å²) in [7, 11) is 4.34. The second-order valence-corrected chi connectivity index (χ2v) is 7.19. The minimum atomic E-state index is 0.384. The van der Waals surface area contributed by atoms with Gasteiger partial charge in [-0.1, -0.05) is 0 Å². The zero-order chi connectivity index (χ0) is 14.1. The van der Waals surface area contributed by atoms with Crippen molar-refractivity contribution in [3.8, 4) is 0 Å². The monoisotopic (exact) mass is 296 g/mol. The van der Waals surface area contributed by atoms with E-state index in [9.17, 15) is 0 Å². The van der Waals surface area contributed by atoms with E-state index in [2.05, 4.69) is 28.9 Å². The highest BCUT2D eigenvalue weighted by atomic mass is 32.1. The van der Waals surface area contributed by atoms with Gasteiger partial charge >= 0.3 is 0 Å². The first kappa shape index (κ1) is 14.3. The van der Waals surface area contributed by atoms with Gasteiger partial charge in [0, 0.05) is 36.2 Å². The highest BCUT2D eigenvalue weighted by Crippen LogP contribution is 2.32. The van der Waals surface area contributed by atoms with Gasteiger partial charge in [-0.25, -0.2) is 4.98 Å². The zero-order valence-corrected chi connectivity index (χ0v) is 13.1. The predicted octanol–water partition coefficient (Wildman–Crippen LogP) is 1.41. The van der Waals surface area contributed by atoms with Crippen LogP contribution in [-0.4, -0.2) is 60.2 Å². The van der Waals surface area contributed by atoms with Crippen LogP contribution in [0.2, 0.25) is 0 Å². The Hall–Kier alpha value is -0.690. The molecule has 3 atom stereocenters. The normalized spacial score (nSPS) is 31.4. The summed E-state index contributed by atoms with van der Waals surface area (Å²) in [6.07, 6.45) is 5.94. The van der Waals surface area contributed by atoms with Crippen molar-refractivity contribution in [2.45, 2.75) is 44.0 Å². The molecular formula is C14H24N4OS. The van der Waals surface area contributed by atoms with Crippen LogP contribution in [0.15, 0.2) is 6.20 Å². The highest BCUT2D eigenvalue weighted by molar-refractivity contribution is 7.15. The Morgan fingerprint density at radius 1 is 1.50 bits per heavy atom. The van der Waals surface area contributed by atoms with Crippen molar-refractivity contribution in [3.05, 3.63) is 11.1 Å². The van der Waals surface area contributed by atoms with Gasteiger partial charge in [0.1, 0.15) is 0 Å². The van der Waals surface area contributed by atoms with E-state index in [-0.39, 0.29) is 0 Å². The van der Waals surface area contributed by atoms with Crippen molar-refractivity contribution in [3.63, 3.8) is 0 Å². The molecule has 5 nitrogen and oxygen atoms in total. The number of nitrogens with zero attached hydrogens (tertiary/aromatic N) is 3.